The molecule has 3 rings (SSSR count). The molecule has 0 radical (unpaired) electrons. The molecule has 1 aliphatic rings. The number of thiazole rings is 1. The van der Waals surface area contributed by atoms with E-state index in [2.05, 4.69) is 11.1 Å². The second-order valence-corrected chi connectivity index (χ2v) is 6.85. The Morgan fingerprint density at radius 2 is 2.29 bits per heavy atom. The van der Waals surface area contributed by atoms with Crippen LogP contribution in [-0.2, 0) is 11.2 Å². The highest BCUT2D eigenvalue weighted by Crippen LogP contribution is 2.32. The van der Waals surface area contributed by atoms with E-state index in [0.29, 0.717) is 12.3 Å². The van der Waals surface area contributed by atoms with Gasteiger partial charge in [0, 0.05) is 29.4 Å². The van der Waals surface area contributed by atoms with Crippen LogP contribution < -0.4 is 0 Å². The Balaban J connectivity index is 1.64. The van der Waals surface area contributed by atoms with Crippen LogP contribution in [0.4, 0.5) is 0 Å². The summed E-state index contributed by atoms with van der Waals surface area (Å²) in [7, 11) is 0. The zero-order valence-corrected chi connectivity index (χ0v) is 13.5. The van der Waals surface area contributed by atoms with Gasteiger partial charge >= 0.3 is 0 Å². The van der Waals surface area contributed by atoms with Crippen molar-refractivity contribution in [1.29, 1.82) is 0 Å². The molecule has 110 valence electrons. The number of benzene rings is 1. The van der Waals surface area contributed by atoms with Crippen molar-refractivity contribution in [3.05, 3.63) is 50.9 Å². The molecule has 0 spiro atoms. The van der Waals surface area contributed by atoms with Crippen LogP contribution in [0.25, 0.3) is 0 Å². The highest BCUT2D eigenvalue weighted by molar-refractivity contribution is 7.09. The Hall–Kier alpha value is -1.39. The molecule has 5 heteroatoms. The van der Waals surface area contributed by atoms with Gasteiger partial charge in [-0.15, -0.1) is 11.3 Å². The molecule has 1 unspecified atom stereocenters. The summed E-state index contributed by atoms with van der Waals surface area (Å²) in [4.78, 5) is 18.6. The number of hydrogen-bond acceptors (Lipinski definition) is 3. The first kappa shape index (κ1) is 14.5. The molecule has 1 amide bonds. The molecule has 0 aliphatic carbocycles. The number of nitrogens with zero attached hydrogens (tertiary/aromatic N) is 2. The first-order chi connectivity index (χ1) is 10.1. The standard InChI is InChI=1S/C16H17ClN2OS/c1-11-18-13(10-21-11)8-16(20)19-7-6-12(9-19)14-4-2-3-5-15(14)17/h2-5,10,12H,6-9H2,1H3. The normalized spacial score (nSPS) is 18.2. The van der Waals surface area contributed by atoms with Crippen molar-refractivity contribution < 1.29 is 4.79 Å². The number of hydrogen-bond donors (Lipinski definition) is 0. The Kier molecular flexibility index (Phi) is 4.27. The van der Waals surface area contributed by atoms with Crippen LogP contribution in [0.3, 0.4) is 0 Å². The summed E-state index contributed by atoms with van der Waals surface area (Å²) in [5, 5.41) is 3.77. The van der Waals surface area contributed by atoms with Crippen molar-refractivity contribution in [3.63, 3.8) is 0 Å². The monoisotopic (exact) mass is 320 g/mol. The number of aryl methyl sites for hydroxylation is 1. The van der Waals surface area contributed by atoms with Crippen LogP contribution >= 0.6 is 22.9 Å². The molecule has 1 fully saturated rings. The maximum atomic E-state index is 12.3. The number of carbonyl (C=O) groups excluding carboxylic acids is 1. The van der Waals surface area contributed by atoms with Crippen LogP contribution in [0.15, 0.2) is 29.6 Å². The Bertz CT molecular complexity index is 655. The molecule has 21 heavy (non-hydrogen) atoms. The summed E-state index contributed by atoms with van der Waals surface area (Å²) in [6, 6.07) is 7.92. The smallest absolute Gasteiger partial charge is 0.228 e. The summed E-state index contributed by atoms with van der Waals surface area (Å²) in [6.45, 7) is 3.52. The lowest BCUT2D eigenvalue weighted by atomic mass is 9.98. The molecule has 2 heterocycles. The number of carbonyl (C=O) groups is 1. The largest absolute Gasteiger partial charge is 0.342 e. The summed E-state index contributed by atoms with van der Waals surface area (Å²) >= 11 is 7.84. The maximum Gasteiger partial charge on any atom is 0.228 e. The van der Waals surface area contributed by atoms with Crippen molar-refractivity contribution in [2.75, 3.05) is 13.1 Å². The Morgan fingerprint density at radius 3 is 3.00 bits per heavy atom. The molecule has 0 saturated carbocycles. The predicted octanol–water partition coefficient (Wildman–Crippen LogP) is 3.66. The summed E-state index contributed by atoms with van der Waals surface area (Å²) < 4.78 is 0. The van der Waals surface area contributed by atoms with E-state index in [1.54, 1.807) is 11.3 Å². The SMILES string of the molecule is Cc1nc(CC(=O)N2CCC(c3ccccc3Cl)C2)cs1. The average molecular weight is 321 g/mol. The predicted molar refractivity (Wildman–Crippen MR) is 85.9 cm³/mol. The van der Waals surface area contributed by atoms with Gasteiger partial charge in [-0.1, -0.05) is 29.8 Å². The fraction of sp³-hybridized carbons (Fsp3) is 0.375. The van der Waals surface area contributed by atoms with E-state index in [1.165, 1.54) is 0 Å². The molecular formula is C16H17ClN2OS. The van der Waals surface area contributed by atoms with Gasteiger partial charge in [0.15, 0.2) is 0 Å². The molecule has 0 N–H and O–H groups in total. The van der Waals surface area contributed by atoms with Crippen LogP contribution in [0.1, 0.15) is 28.6 Å². The number of amides is 1. The first-order valence-electron chi connectivity index (χ1n) is 7.06. The van der Waals surface area contributed by atoms with Crippen molar-refractivity contribution in [2.45, 2.75) is 25.7 Å². The van der Waals surface area contributed by atoms with Gasteiger partial charge in [-0.2, -0.15) is 0 Å². The minimum atomic E-state index is 0.162. The number of aromatic nitrogens is 1. The van der Waals surface area contributed by atoms with E-state index in [1.807, 2.05) is 35.4 Å². The van der Waals surface area contributed by atoms with E-state index in [4.69, 9.17) is 11.6 Å². The third-order valence-corrected chi connectivity index (χ3v) is 5.05. The quantitative estimate of drug-likeness (QED) is 0.864. The van der Waals surface area contributed by atoms with Gasteiger partial charge in [0.25, 0.3) is 0 Å². The van der Waals surface area contributed by atoms with Gasteiger partial charge < -0.3 is 4.90 Å². The van der Waals surface area contributed by atoms with Crippen molar-refractivity contribution >= 4 is 28.8 Å². The summed E-state index contributed by atoms with van der Waals surface area (Å²) in [6.07, 6.45) is 1.38. The van der Waals surface area contributed by atoms with E-state index in [-0.39, 0.29) is 5.91 Å². The summed E-state index contributed by atoms with van der Waals surface area (Å²) in [5.41, 5.74) is 2.03. The summed E-state index contributed by atoms with van der Waals surface area (Å²) in [5.74, 6) is 0.509. The second-order valence-electron chi connectivity index (χ2n) is 5.38. The minimum Gasteiger partial charge on any atom is -0.342 e. The fourth-order valence-corrected chi connectivity index (χ4v) is 3.71. The zero-order chi connectivity index (χ0) is 14.8. The maximum absolute atomic E-state index is 12.3. The highest BCUT2D eigenvalue weighted by Gasteiger charge is 2.28. The molecule has 1 aromatic carbocycles. The number of halogens is 1. The van der Waals surface area contributed by atoms with E-state index in [9.17, 15) is 4.79 Å². The molecule has 0 bridgehead atoms. The van der Waals surface area contributed by atoms with Crippen molar-refractivity contribution in [1.82, 2.24) is 9.88 Å². The minimum absolute atomic E-state index is 0.162. The fourth-order valence-electron chi connectivity index (χ4n) is 2.80. The molecule has 3 nitrogen and oxygen atoms in total. The van der Waals surface area contributed by atoms with E-state index in [0.717, 1.165) is 40.8 Å². The lowest BCUT2D eigenvalue weighted by Crippen LogP contribution is -2.30. The van der Waals surface area contributed by atoms with Crippen molar-refractivity contribution in [3.8, 4) is 0 Å². The first-order valence-corrected chi connectivity index (χ1v) is 8.32. The zero-order valence-electron chi connectivity index (χ0n) is 11.9. The molecule has 1 aromatic heterocycles. The number of rotatable bonds is 3. The molecular weight excluding hydrogens is 304 g/mol. The van der Waals surface area contributed by atoms with Gasteiger partial charge in [0.1, 0.15) is 0 Å². The molecule has 1 aliphatic heterocycles. The molecule has 1 atom stereocenters. The van der Waals surface area contributed by atoms with Gasteiger partial charge in [-0.05, 0) is 25.0 Å². The lowest BCUT2D eigenvalue weighted by molar-refractivity contribution is -0.129. The Labute approximate surface area is 133 Å². The van der Waals surface area contributed by atoms with Crippen LogP contribution in [0.5, 0.6) is 0 Å². The Morgan fingerprint density at radius 1 is 1.48 bits per heavy atom. The highest BCUT2D eigenvalue weighted by atomic mass is 35.5. The molecule has 2 aromatic rings. The van der Waals surface area contributed by atoms with E-state index >= 15 is 0 Å². The second kappa shape index (κ2) is 6.16. The lowest BCUT2D eigenvalue weighted by Gasteiger charge is -2.16. The third-order valence-electron chi connectivity index (χ3n) is 3.88. The van der Waals surface area contributed by atoms with Gasteiger partial charge in [0.05, 0.1) is 17.1 Å². The van der Waals surface area contributed by atoms with Gasteiger partial charge in [0.2, 0.25) is 5.91 Å². The third kappa shape index (κ3) is 3.27. The average Bonchev–Trinajstić information content (AvgIpc) is 3.09. The van der Waals surface area contributed by atoms with Gasteiger partial charge in [-0.25, -0.2) is 4.98 Å². The van der Waals surface area contributed by atoms with Crippen LogP contribution in [-0.4, -0.2) is 28.9 Å². The van der Waals surface area contributed by atoms with Gasteiger partial charge in [-0.3, -0.25) is 4.79 Å². The topological polar surface area (TPSA) is 33.2 Å². The van der Waals surface area contributed by atoms with Crippen LogP contribution in [0, 0.1) is 6.92 Å². The number of likely N-dealkylation sites (tertiary alicyclic amines) is 1. The van der Waals surface area contributed by atoms with E-state index < -0.39 is 0 Å². The molecule has 1 saturated heterocycles. The van der Waals surface area contributed by atoms with Crippen molar-refractivity contribution in [2.24, 2.45) is 0 Å². The van der Waals surface area contributed by atoms with Crippen LogP contribution in [0.2, 0.25) is 5.02 Å².